The van der Waals surface area contributed by atoms with Crippen LogP contribution in [0.25, 0.3) is 0 Å². The molecule has 1 aromatic carbocycles. The first-order chi connectivity index (χ1) is 10.6. The number of benzene rings is 1. The Hall–Kier alpha value is -0.480. The van der Waals surface area contributed by atoms with Crippen molar-refractivity contribution < 1.29 is 17.0 Å². The monoisotopic (exact) mass is 344 g/mol. The average Bonchev–Trinajstić information content (AvgIpc) is 2.47. The van der Waals surface area contributed by atoms with Gasteiger partial charge in [-0.1, -0.05) is 63.6 Å². The third kappa shape index (κ3) is 5.31. The van der Waals surface area contributed by atoms with Crippen LogP contribution in [0.5, 0.6) is 5.75 Å². The summed E-state index contributed by atoms with van der Waals surface area (Å²) >= 11 is 0.718. The second-order valence-corrected chi connectivity index (χ2v) is 8.10. The fourth-order valence-electron chi connectivity index (χ4n) is 2.54. The van der Waals surface area contributed by atoms with Crippen molar-refractivity contribution in [1.29, 1.82) is 0 Å². The molecule has 0 unspecified atom stereocenters. The second kappa shape index (κ2) is 8.97. The van der Waals surface area contributed by atoms with E-state index < -0.39 is 7.82 Å². The fraction of sp³-hybridized carbons (Fsp3) is 0.625. The summed E-state index contributed by atoms with van der Waals surface area (Å²) in [6, 6.07) is 5.98. The molecule has 6 heteroatoms. The lowest BCUT2D eigenvalue weighted by Gasteiger charge is -2.24. The zero-order valence-corrected chi connectivity index (χ0v) is 15.1. The maximum atomic E-state index is 11.9. The Morgan fingerprint density at radius 3 is 2.41 bits per heavy atom. The molecule has 2 rings (SSSR count). The lowest BCUT2D eigenvalue weighted by molar-refractivity contribution is 0.275. The normalized spacial score (nSPS) is 16.3. The third-order valence-corrected chi connectivity index (χ3v) is 6.14. The van der Waals surface area contributed by atoms with Gasteiger partial charge in [-0.25, -0.2) is 4.57 Å². The first kappa shape index (κ1) is 17.9. The van der Waals surface area contributed by atoms with Gasteiger partial charge in [0.1, 0.15) is 5.75 Å². The molecular formula is C16H25O4PS. The second-order valence-electron chi connectivity index (χ2n) is 5.69. The summed E-state index contributed by atoms with van der Waals surface area (Å²) in [5, 5.41) is 0. The Morgan fingerprint density at radius 2 is 1.77 bits per heavy atom. The molecule has 0 aromatic heterocycles. The van der Waals surface area contributed by atoms with E-state index in [1.165, 1.54) is 38.5 Å². The quantitative estimate of drug-likeness (QED) is 0.280. The molecule has 0 spiro atoms. The molecule has 0 atom stereocenters. The molecule has 0 bridgehead atoms. The highest BCUT2D eigenvalue weighted by molar-refractivity contribution is 8.02. The molecule has 1 aliphatic rings. The molecule has 0 amide bonds. The minimum atomic E-state index is -3.36. The maximum Gasteiger partial charge on any atom is 0.556 e. The van der Waals surface area contributed by atoms with E-state index in [4.69, 9.17) is 12.5 Å². The van der Waals surface area contributed by atoms with E-state index in [1.54, 1.807) is 0 Å². The zero-order valence-electron chi connectivity index (χ0n) is 13.4. The Kier molecular flexibility index (Phi) is 7.29. The molecule has 0 N–H and O–H groups in total. The van der Waals surface area contributed by atoms with E-state index >= 15 is 0 Å². The van der Waals surface area contributed by atoms with E-state index in [9.17, 15) is 4.57 Å². The van der Waals surface area contributed by atoms with Crippen molar-refractivity contribution in [3.05, 3.63) is 29.3 Å². The van der Waals surface area contributed by atoms with Gasteiger partial charge in [-0.05, 0) is 30.9 Å². The molecule has 124 valence electrons. The summed E-state index contributed by atoms with van der Waals surface area (Å²) < 4.78 is 27.1. The van der Waals surface area contributed by atoms with Crippen LogP contribution >= 0.6 is 20.1 Å². The minimum Gasteiger partial charge on any atom is -0.402 e. The summed E-state index contributed by atoms with van der Waals surface area (Å²) in [5.41, 5.74) is 2.03. The van der Waals surface area contributed by atoms with Gasteiger partial charge in [0.15, 0.2) is 12.3 Å². The van der Waals surface area contributed by atoms with E-state index in [1.807, 2.05) is 25.1 Å². The number of unbranched alkanes of at least 4 members (excludes halogenated alkanes) is 6. The summed E-state index contributed by atoms with van der Waals surface area (Å²) in [6.45, 7) is 4.18. The van der Waals surface area contributed by atoms with Gasteiger partial charge in [0.2, 0.25) is 0 Å². The van der Waals surface area contributed by atoms with Crippen molar-refractivity contribution in [3.63, 3.8) is 0 Å². The Balaban J connectivity index is 1.82. The van der Waals surface area contributed by atoms with Gasteiger partial charge in [0, 0.05) is 0 Å². The number of aryl methyl sites for hydroxylation is 2. The van der Waals surface area contributed by atoms with Gasteiger partial charge in [0.25, 0.3) is 0 Å². The fourth-order valence-corrected chi connectivity index (χ4v) is 3.90. The summed E-state index contributed by atoms with van der Waals surface area (Å²) in [7, 11) is -3.36. The first-order valence-corrected chi connectivity index (χ1v) is 10.2. The SMILES string of the molecule is CCCCCCCCCc1cccc(C)c1OP1(=O)OSO1. The smallest absolute Gasteiger partial charge is 0.402 e. The van der Waals surface area contributed by atoms with E-state index in [0.717, 1.165) is 36.3 Å². The average molecular weight is 344 g/mol. The predicted molar refractivity (Wildman–Crippen MR) is 90.9 cm³/mol. The Morgan fingerprint density at radius 1 is 1.09 bits per heavy atom. The van der Waals surface area contributed by atoms with E-state index in [0.29, 0.717) is 5.75 Å². The Labute approximate surface area is 138 Å². The van der Waals surface area contributed by atoms with Crippen LogP contribution in [-0.4, -0.2) is 0 Å². The van der Waals surface area contributed by atoms with E-state index in [-0.39, 0.29) is 0 Å². The van der Waals surface area contributed by atoms with Crippen molar-refractivity contribution in [3.8, 4) is 5.75 Å². The van der Waals surface area contributed by atoms with Crippen molar-refractivity contribution in [2.24, 2.45) is 0 Å². The molecular weight excluding hydrogens is 319 g/mol. The topological polar surface area (TPSA) is 44.8 Å². The molecule has 1 heterocycles. The number of para-hydroxylation sites is 1. The predicted octanol–water partition coefficient (Wildman–Crippen LogP) is 6.39. The highest BCUT2D eigenvalue weighted by Gasteiger charge is 2.41. The molecule has 4 nitrogen and oxygen atoms in total. The van der Waals surface area contributed by atoms with Crippen LogP contribution < -0.4 is 4.52 Å². The summed E-state index contributed by atoms with van der Waals surface area (Å²) in [4.78, 5) is 0. The lowest BCUT2D eigenvalue weighted by atomic mass is 10.0. The highest BCUT2D eigenvalue weighted by atomic mass is 32.2. The van der Waals surface area contributed by atoms with Gasteiger partial charge in [-0.15, -0.1) is 0 Å². The molecule has 0 radical (unpaired) electrons. The molecule has 0 saturated carbocycles. The van der Waals surface area contributed by atoms with Crippen molar-refractivity contribution in [1.82, 2.24) is 0 Å². The van der Waals surface area contributed by atoms with Crippen molar-refractivity contribution >= 4 is 20.1 Å². The molecule has 1 aromatic rings. The van der Waals surface area contributed by atoms with Crippen LogP contribution in [0.4, 0.5) is 0 Å². The summed E-state index contributed by atoms with van der Waals surface area (Å²) in [5.74, 6) is 0.650. The molecule has 1 aliphatic heterocycles. The van der Waals surface area contributed by atoms with Crippen LogP contribution in [0.3, 0.4) is 0 Å². The third-order valence-electron chi connectivity index (χ3n) is 3.79. The van der Waals surface area contributed by atoms with Crippen LogP contribution in [0.15, 0.2) is 18.2 Å². The van der Waals surface area contributed by atoms with Gasteiger partial charge in [-0.2, -0.15) is 7.94 Å². The lowest BCUT2D eigenvalue weighted by Crippen LogP contribution is -2.05. The standard InChI is InChI=1S/C16H25O4PS/c1-3-4-5-6-7-8-9-12-15-13-10-11-14(2)16(15)18-21(17)19-22-20-21/h10-11,13H,3-9,12H2,1-2H3. The van der Waals surface area contributed by atoms with Crippen LogP contribution in [-0.2, 0) is 18.9 Å². The number of rotatable bonds is 10. The molecule has 0 aliphatic carbocycles. The van der Waals surface area contributed by atoms with Crippen LogP contribution in [0.1, 0.15) is 63.0 Å². The highest BCUT2D eigenvalue weighted by Crippen LogP contribution is 2.65. The first-order valence-electron chi connectivity index (χ1n) is 8.07. The largest absolute Gasteiger partial charge is 0.556 e. The number of phosphoric acid groups is 1. The molecule has 22 heavy (non-hydrogen) atoms. The van der Waals surface area contributed by atoms with Gasteiger partial charge >= 0.3 is 7.82 Å². The van der Waals surface area contributed by atoms with Crippen molar-refractivity contribution in [2.45, 2.75) is 65.2 Å². The Bertz CT molecular complexity index is 513. The molecule has 1 saturated heterocycles. The van der Waals surface area contributed by atoms with Crippen LogP contribution in [0, 0.1) is 6.92 Å². The van der Waals surface area contributed by atoms with Gasteiger partial charge in [-0.3, -0.25) is 0 Å². The van der Waals surface area contributed by atoms with Crippen LogP contribution in [0.2, 0.25) is 0 Å². The summed E-state index contributed by atoms with van der Waals surface area (Å²) in [6.07, 6.45) is 9.82. The number of hydrogen-bond donors (Lipinski definition) is 0. The van der Waals surface area contributed by atoms with Gasteiger partial charge < -0.3 is 4.52 Å². The zero-order chi connectivity index (χ0) is 15.8. The van der Waals surface area contributed by atoms with Crippen molar-refractivity contribution in [2.75, 3.05) is 0 Å². The maximum absolute atomic E-state index is 11.9. The minimum absolute atomic E-state index is 0.650. The molecule has 1 fully saturated rings. The van der Waals surface area contributed by atoms with Gasteiger partial charge in [0.05, 0.1) is 0 Å². The number of hydrogen-bond acceptors (Lipinski definition) is 5. The van der Waals surface area contributed by atoms with E-state index in [2.05, 4.69) is 6.92 Å².